The molecular weight excluding hydrogens is 208 g/mol. The number of ether oxygens (including phenoxy) is 1. The molecule has 80 valence electrons. The molecule has 0 aliphatic rings. The van der Waals surface area contributed by atoms with Gasteiger partial charge in [0.2, 0.25) is 0 Å². The summed E-state index contributed by atoms with van der Waals surface area (Å²) < 4.78 is 4.56. The third-order valence-corrected chi connectivity index (χ3v) is 1.65. The molecule has 0 fully saturated rings. The van der Waals surface area contributed by atoms with Gasteiger partial charge in [0.1, 0.15) is 0 Å². The highest BCUT2D eigenvalue weighted by Gasteiger charge is 2.21. The lowest BCUT2D eigenvalue weighted by Crippen LogP contribution is -2.01. The Kier molecular flexibility index (Phi) is 2.70. The first-order valence-corrected chi connectivity index (χ1v) is 3.65. The average Bonchev–Trinajstić information content (AvgIpc) is 2.16. The Bertz CT molecular complexity index is 430. The summed E-state index contributed by atoms with van der Waals surface area (Å²) in [6.45, 7) is 0. The maximum Gasteiger partial charge on any atom is 0.317 e. The van der Waals surface area contributed by atoms with Gasteiger partial charge in [-0.05, 0) is 11.8 Å². The molecule has 0 bridgehead atoms. The highest BCUT2D eigenvalue weighted by atomic mass is 16.6. The van der Waals surface area contributed by atoms with E-state index in [-0.39, 0.29) is 5.75 Å². The van der Waals surface area contributed by atoms with Crippen molar-refractivity contribution in [2.75, 3.05) is 7.11 Å². The second-order valence-corrected chi connectivity index (χ2v) is 2.51. The SMILES string of the molecule is COc1cc([O-])c([N+](=O)[O-])cc1[N+](=O)[O-]. The number of nitro groups is 2. The number of methoxy groups -OCH3 is 1. The molecule has 1 aromatic carbocycles. The molecule has 1 aromatic rings. The fourth-order valence-electron chi connectivity index (χ4n) is 0.988. The van der Waals surface area contributed by atoms with Crippen LogP contribution in [0, 0.1) is 20.2 Å². The summed E-state index contributed by atoms with van der Waals surface area (Å²) in [5, 5.41) is 31.9. The predicted molar refractivity (Wildman–Crippen MR) is 45.7 cm³/mol. The Morgan fingerprint density at radius 2 is 1.67 bits per heavy atom. The maximum atomic E-state index is 11.1. The van der Waals surface area contributed by atoms with Gasteiger partial charge in [0, 0.05) is 0 Å². The van der Waals surface area contributed by atoms with E-state index in [1.54, 1.807) is 0 Å². The van der Waals surface area contributed by atoms with Gasteiger partial charge in [-0.1, -0.05) is 0 Å². The summed E-state index contributed by atoms with van der Waals surface area (Å²) in [6, 6.07) is 1.30. The van der Waals surface area contributed by atoms with Crippen molar-refractivity contribution < 1.29 is 19.7 Å². The zero-order valence-electron chi connectivity index (χ0n) is 7.50. The van der Waals surface area contributed by atoms with Crippen LogP contribution in [-0.2, 0) is 0 Å². The molecule has 0 amide bonds. The van der Waals surface area contributed by atoms with Crippen LogP contribution in [-0.4, -0.2) is 17.0 Å². The fourth-order valence-corrected chi connectivity index (χ4v) is 0.988. The monoisotopic (exact) mass is 213 g/mol. The van der Waals surface area contributed by atoms with Gasteiger partial charge in [0.15, 0.2) is 5.75 Å². The van der Waals surface area contributed by atoms with Crippen molar-refractivity contribution in [2.24, 2.45) is 0 Å². The van der Waals surface area contributed by atoms with Gasteiger partial charge in [-0.15, -0.1) is 0 Å². The van der Waals surface area contributed by atoms with Crippen LogP contribution in [0.25, 0.3) is 0 Å². The van der Waals surface area contributed by atoms with Crippen LogP contribution in [0.1, 0.15) is 0 Å². The third-order valence-electron chi connectivity index (χ3n) is 1.65. The lowest BCUT2D eigenvalue weighted by atomic mass is 10.2. The molecule has 8 nitrogen and oxygen atoms in total. The van der Waals surface area contributed by atoms with E-state index in [0.29, 0.717) is 6.07 Å². The number of benzene rings is 1. The summed E-state index contributed by atoms with van der Waals surface area (Å²) in [5.74, 6) is -1.22. The van der Waals surface area contributed by atoms with E-state index in [0.717, 1.165) is 13.2 Å². The first-order chi connectivity index (χ1) is 6.97. The molecular formula is C7H5N2O6-. The molecule has 0 N–H and O–H groups in total. The minimum absolute atomic E-state index is 0.296. The van der Waals surface area contributed by atoms with Crippen LogP contribution in [0.5, 0.6) is 11.5 Å². The second-order valence-electron chi connectivity index (χ2n) is 2.51. The van der Waals surface area contributed by atoms with Crippen LogP contribution in [0.15, 0.2) is 12.1 Å². The van der Waals surface area contributed by atoms with Gasteiger partial charge in [-0.2, -0.15) is 0 Å². The highest BCUT2D eigenvalue weighted by Crippen LogP contribution is 2.36. The van der Waals surface area contributed by atoms with Crippen LogP contribution < -0.4 is 9.84 Å². The first kappa shape index (κ1) is 10.7. The van der Waals surface area contributed by atoms with E-state index in [9.17, 15) is 25.3 Å². The van der Waals surface area contributed by atoms with Crippen LogP contribution in [0.2, 0.25) is 0 Å². The molecule has 0 saturated carbocycles. The van der Waals surface area contributed by atoms with Gasteiger partial charge >= 0.3 is 5.69 Å². The molecule has 0 radical (unpaired) electrons. The molecule has 0 spiro atoms. The number of nitro benzene ring substituents is 2. The molecule has 0 unspecified atom stereocenters. The van der Waals surface area contributed by atoms with Gasteiger partial charge in [-0.3, -0.25) is 20.2 Å². The number of hydrogen-bond acceptors (Lipinski definition) is 6. The molecule has 0 aromatic heterocycles. The maximum absolute atomic E-state index is 11.1. The van der Waals surface area contributed by atoms with Crippen molar-refractivity contribution in [2.45, 2.75) is 0 Å². The topological polar surface area (TPSA) is 119 Å². The third kappa shape index (κ3) is 1.93. The van der Waals surface area contributed by atoms with Gasteiger partial charge < -0.3 is 9.84 Å². The van der Waals surface area contributed by atoms with Gasteiger partial charge in [0.25, 0.3) is 5.69 Å². The standard InChI is InChI=1S/C7H6N2O6/c1-15-7-3-6(10)4(8(11)12)2-5(7)9(13)14/h2-3,10H,1H3/p-1. The Hall–Kier alpha value is -2.38. The smallest absolute Gasteiger partial charge is 0.317 e. The second kappa shape index (κ2) is 3.78. The van der Waals surface area contributed by atoms with Crippen LogP contribution in [0.3, 0.4) is 0 Å². The normalized spacial score (nSPS) is 9.67. The number of nitrogens with zero attached hydrogens (tertiary/aromatic N) is 2. The van der Waals surface area contributed by atoms with E-state index in [2.05, 4.69) is 4.74 Å². The minimum Gasteiger partial charge on any atom is -0.868 e. The van der Waals surface area contributed by atoms with E-state index in [1.165, 1.54) is 0 Å². The lowest BCUT2D eigenvalue weighted by Gasteiger charge is -2.08. The van der Waals surface area contributed by atoms with E-state index >= 15 is 0 Å². The summed E-state index contributed by atoms with van der Waals surface area (Å²) >= 11 is 0. The van der Waals surface area contributed by atoms with Crippen molar-refractivity contribution >= 4 is 11.4 Å². The largest absolute Gasteiger partial charge is 0.868 e. The molecule has 0 saturated heterocycles. The van der Waals surface area contributed by atoms with Crippen molar-refractivity contribution in [1.29, 1.82) is 0 Å². The summed E-state index contributed by atoms with van der Waals surface area (Å²) in [4.78, 5) is 19.0. The lowest BCUT2D eigenvalue weighted by molar-refractivity contribution is -0.403. The van der Waals surface area contributed by atoms with Gasteiger partial charge in [-0.25, -0.2) is 0 Å². The zero-order valence-corrected chi connectivity index (χ0v) is 7.50. The number of rotatable bonds is 3. The Morgan fingerprint density at radius 1 is 1.13 bits per heavy atom. The Morgan fingerprint density at radius 3 is 2.07 bits per heavy atom. The highest BCUT2D eigenvalue weighted by molar-refractivity contribution is 5.60. The molecule has 0 aliphatic carbocycles. The molecule has 0 heterocycles. The van der Waals surface area contributed by atoms with Crippen molar-refractivity contribution in [3.05, 3.63) is 32.4 Å². The van der Waals surface area contributed by atoms with Gasteiger partial charge in [0.05, 0.1) is 23.0 Å². The Labute approximate surface area is 83.0 Å². The van der Waals surface area contributed by atoms with Crippen molar-refractivity contribution in [3.63, 3.8) is 0 Å². The predicted octanol–water partition coefficient (Wildman–Crippen LogP) is 0.585. The summed E-state index contributed by atoms with van der Waals surface area (Å²) in [5.41, 5.74) is -1.45. The van der Waals surface area contributed by atoms with E-state index < -0.39 is 27.0 Å². The fraction of sp³-hybridized carbons (Fsp3) is 0.143. The summed E-state index contributed by atoms with van der Waals surface area (Å²) in [7, 11) is 1.13. The number of hydrogen-bond donors (Lipinski definition) is 0. The van der Waals surface area contributed by atoms with Crippen molar-refractivity contribution in [3.8, 4) is 11.5 Å². The Balaban J connectivity index is 3.43. The minimum atomic E-state index is -0.977. The zero-order chi connectivity index (χ0) is 11.6. The molecule has 0 aliphatic heterocycles. The molecule has 8 heteroatoms. The van der Waals surface area contributed by atoms with Crippen molar-refractivity contribution in [1.82, 2.24) is 0 Å². The molecule has 0 atom stereocenters. The molecule has 1 rings (SSSR count). The average molecular weight is 213 g/mol. The first-order valence-electron chi connectivity index (χ1n) is 3.65. The van der Waals surface area contributed by atoms with E-state index in [4.69, 9.17) is 0 Å². The van der Waals surface area contributed by atoms with Crippen LogP contribution >= 0.6 is 0 Å². The molecule has 15 heavy (non-hydrogen) atoms. The van der Waals surface area contributed by atoms with Crippen LogP contribution in [0.4, 0.5) is 11.4 Å². The summed E-state index contributed by atoms with van der Waals surface area (Å²) in [6.07, 6.45) is 0. The van der Waals surface area contributed by atoms with E-state index in [1.807, 2.05) is 0 Å². The quantitative estimate of drug-likeness (QED) is 0.535.